The van der Waals surface area contributed by atoms with Gasteiger partial charge in [-0.3, -0.25) is 4.68 Å². The molecule has 0 spiro atoms. The van der Waals surface area contributed by atoms with Gasteiger partial charge in [0, 0.05) is 11.9 Å². The molecular weight excluding hydrogens is 440 g/mol. The van der Waals surface area contributed by atoms with Crippen LogP contribution in [0.1, 0.15) is 32.1 Å². The summed E-state index contributed by atoms with van der Waals surface area (Å²) in [6.07, 6.45) is 8.39. The highest BCUT2D eigenvalue weighted by atomic mass is 16.5. The van der Waals surface area contributed by atoms with Gasteiger partial charge in [0.15, 0.2) is 11.5 Å². The number of fused-ring (bicyclic) bond motifs is 1. The average Bonchev–Trinajstić information content (AvgIpc) is 3.57. The number of aromatic nitrogens is 8. The molecule has 3 heterocycles. The number of nitrogens with zero attached hydrogens (tertiary/aromatic N) is 8. The molecule has 2 aromatic carbocycles. The van der Waals surface area contributed by atoms with Crippen molar-refractivity contribution >= 4 is 10.9 Å². The Balaban J connectivity index is 1.39. The minimum atomic E-state index is 0.501. The van der Waals surface area contributed by atoms with Crippen molar-refractivity contribution in [1.29, 1.82) is 0 Å². The lowest BCUT2D eigenvalue weighted by Gasteiger charge is -2.20. The molecule has 0 N–H and O–H groups in total. The average molecular weight is 467 g/mol. The van der Waals surface area contributed by atoms with Crippen molar-refractivity contribution in [2.75, 3.05) is 7.11 Å². The number of hydrogen-bond acceptors (Lipinski definition) is 7. The summed E-state index contributed by atoms with van der Waals surface area (Å²) in [4.78, 5) is 4.84. The molecule has 9 nitrogen and oxygen atoms in total. The third kappa shape index (κ3) is 4.37. The summed E-state index contributed by atoms with van der Waals surface area (Å²) in [5, 5.41) is 23.4. The maximum atomic E-state index is 5.32. The van der Waals surface area contributed by atoms with Gasteiger partial charge in [-0.2, -0.15) is 0 Å². The summed E-state index contributed by atoms with van der Waals surface area (Å²) in [6.45, 7) is 0.884. The van der Waals surface area contributed by atoms with Crippen molar-refractivity contribution < 1.29 is 4.74 Å². The standard InChI is InChI=1S/C26H26N8O/c1-35-21-13-11-20(12-14-21)34-26(23-15-19-9-5-6-10-22(19)28-29-23)27-25(31-34)24-17-33(32-30-24)16-18-7-3-2-4-8-18/h5-6,9-15,17-18H,2-4,7-8,16H2,1H3. The van der Waals surface area contributed by atoms with Gasteiger partial charge in [-0.1, -0.05) is 42.7 Å². The van der Waals surface area contributed by atoms with Crippen LogP contribution in [0.15, 0.2) is 60.8 Å². The normalized spacial score (nSPS) is 14.4. The van der Waals surface area contributed by atoms with Crippen molar-refractivity contribution in [3.8, 4) is 34.5 Å². The Bertz CT molecular complexity index is 1450. The van der Waals surface area contributed by atoms with Crippen LogP contribution < -0.4 is 4.74 Å². The highest BCUT2D eigenvalue weighted by Gasteiger charge is 2.20. The minimum Gasteiger partial charge on any atom is -0.497 e. The molecule has 3 aromatic heterocycles. The Hall–Kier alpha value is -4.14. The fraction of sp³-hybridized carbons (Fsp3) is 0.308. The highest BCUT2D eigenvalue weighted by molar-refractivity contribution is 5.81. The van der Waals surface area contributed by atoms with Gasteiger partial charge in [-0.05, 0) is 55.2 Å². The Morgan fingerprint density at radius 3 is 2.57 bits per heavy atom. The molecule has 0 bridgehead atoms. The number of ether oxygens (including phenoxy) is 1. The molecule has 0 radical (unpaired) electrons. The van der Waals surface area contributed by atoms with Gasteiger partial charge in [-0.15, -0.1) is 20.4 Å². The number of hydrogen-bond donors (Lipinski definition) is 0. The molecule has 1 saturated carbocycles. The van der Waals surface area contributed by atoms with Crippen LogP contribution in [-0.4, -0.2) is 47.1 Å². The van der Waals surface area contributed by atoms with Gasteiger partial charge in [0.2, 0.25) is 5.82 Å². The first-order chi connectivity index (χ1) is 17.3. The van der Waals surface area contributed by atoms with Crippen LogP contribution >= 0.6 is 0 Å². The van der Waals surface area contributed by atoms with E-state index in [1.807, 2.05) is 65.5 Å². The predicted octanol–water partition coefficient (Wildman–Crippen LogP) is 4.72. The molecule has 1 aliphatic carbocycles. The fourth-order valence-corrected chi connectivity index (χ4v) is 4.71. The van der Waals surface area contributed by atoms with Gasteiger partial charge in [0.25, 0.3) is 0 Å². The smallest absolute Gasteiger partial charge is 0.204 e. The topological polar surface area (TPSA) is 96.4 Å². The third-order valence-corrected chi connectivity index (χ3v) is 6.59. The zero-order valence-corrected chi connectivity index (χ0v) is 19.6. The minimum absolute atomic E-state index is 0.501. The fourth-order valence-electron chi connectivity index (χ4n) is 4.71. The van der Waals surface area contributed by atoms with E-state index in [1.54, 1.807) is 11.8 Å². The molecule has 9 heteroatoms. The largest absolute Gasteiger partial charge is 0.497 e. The van der Waals surface area contributed by atoms with Crippen molar-refractivity contribution in [2.24, 2.45) is 5.92 Å². The molecule has 0 saturated heterocycles. The van der Waals surface area contributed by atoms with Crippen LogP contribution in [0.3, 0.4) is 0 Å². The van der Waals surface area contributed by atoms with Crippen molar-refractivity contribution in [3.05, 3.63) is 60.8 Å². The molecule has 176 valence electrons. The SMILES string of the molecule is COc1ccc(-n2nc(-c3cn(CC4CCCCC4)nn3)nc2-c2cc3ccccc3nn2)cc1. The van der Waals surface area contributed by atoms with E-state index in [2.05, 4.69) is 20.5 Å². The molecule has 35 heavy (non-hydrogen) atoms. The maximum absolute atomic E-state index is 5.32. The van der Waals surface area contributed by atoms with E-state index in [0.29, 0.717) is 29.0 Å². The molecule has 0 atom stereocenters. The maximum Gasteiger partial charge on any atom is 0.204 e. The summed E-state index contributed by atoms with van der Waals surface area (Å²) in [6, 6.07) is 17.5. The molecule has 5 aromatic rings. The van der Waals surface area contributed by atoms with Crippen molar-refractivity contribution in [1.82, 2.24) is 40.0 Å². The Morgan fingerprint density at radius 1 is 0.914 bits per heavy atom. The van der Waals surface area contributed by atoms with E-state index in [4.69, 9.17) is 14.8 Å². The number of methoxy groups -OCH3 is 1. The summed E-state index contributed by atoms with van der Waals surface area (Å²) >= 11 is 0. The van der Waals surface area contributed by atoms with E-state index < -0.39 is 0 Å². The molecule has 0 amide bonds. The lowest BCUT2D eigenvalue weighted by Crippen LogP contribution is -2.14. The first kappa shape index (κ1) is 21.4. The molecule has 1 aliphatic rings. The van der Waals surface area contributed by atoms with E-state index in [0.717, 1.165) is 28.9 Å². The van der Waals surface area contributed by atoms with Crippen LogP contribution in [0, 0.1) is 5.92 Å². The first-order valence-corrected chi connectivity index (χ1v) is 12.0. The molecule has 1 fully saturated rings. The van der Waals surface area contributed by atoms with Gasteiger partial charge < -0.3 is 4.74 Å². The Kier molecular flexibility index (Phi) is 5.65. The Morgan fingerprint density at radius 2 is 1.74 bits per heavy atom. The van der Waals surface area contributed by atoms with Crippen LogP contribution in [-0.2, 0) is 6.54 Å². The van der Waals surface area contributed by atoms with E-state index in [1.165, 1.54) is 32.1 Å². The summed E-state index contributed by atoms with van der Waals surface area (Å²) in [5.41, 5.74) is 2.94. The molecular formula is C26H26N8O. The van der Waals surface area contributed by atoms with Crippen molar-refractivity contribution in [3.63, 3.8) is 0 Å². The van der Waals surface area contributed by atoms with Crippen molar-refractivity contribution in [2.45, 2.75) is 38.6 Å². The Labute approximate surface area is 202 Å². The van der Waals surface area contributed by atoms with Crippen LogP contribution in [0.4, 0.5) is 0 Å². The monoisotopic (exact) mass is 466 g/mol. The van der Waals surface area contributed by atoms with Gasteiger partial charge in [0.05, 0.1) is 24.5 Å². The van der Waals surface area contributed by atoms with E-state index >= 15 is 0 Å². The lowest BCUT2D eigenvalue weighted by atomic mass is 9.89. The van der Waals surface area contributed by atoms with Gasteiger partial charge in [0.1, 0.15) is 11.4 Å². The van der Waals surface area contributed by atoms with Crippen LogP contribution in [0.5, 0.6) is 5.75 Å². The summed E-state index contributed by atoms with van der Waals surface area (Å²) in [7, 11) is 1.65. The molecule has 6 rings (SSSR count). The summed E-state index contributed by atoms with van der Waals surface area (Å²) in [5.74, 6) is 2.52. The van der Waals surface area contributed by atoms with Crippen LogP contribution in [0.2, 0.25) is 0 Å². The van der Waals surface area contributed by atoms with Gasteiger partial charge >= 0.3 is 0 Å². The molecule has 0 aliphatic heterocycles. The highest BCUT2D eigenvalue weighted by Crippen LogP contribution is 2.27. The lowest BCUT2D eigenvalue weighted by molar-refractivity contribution is 0.305. The second-order valence-corrected chi connectivity index (χ2v) is 8.99. The second-order valence-electron chi connectivity index (χ2n) is 8.99. The predicted molar refractivity (Wildman–Crippen MR) is 132 cm³/mol. The zero-order chi connectivity index (χ0) is 23.6. The van der Waals surface area contributed by atoms with Crippen LogP contribution in [0.25, 0.3) is 39.6 Å². The molecule has 0 unspecified atom stereocenters. The first-order valence-electron chi connectivity index (χ1n) is 12.0. The summed E-state index contributed by atoms with van der Waals surface area (Å²) < 4.78 is 9.02. The number of rotatable bonds is 6. The van der Waals surface area contributed by atoms with E-state index in [9.17, 15) is 0 Å². The second kappa shape index (κ2) is 9.25. The quantitative estimate of drug-likeness (QED) is 0.357. The number of benzene rings is 2. The zero-order valence-electron chi connectivity index (χ0n) is 19.6. The van der Waals surface area contributed by atoms with Gasteiger partial charge in [-0.25, -0.2) is 9.67 Å². The third-order valence-electron chi connectivity index (χ3n) is 6.59. The van der Waals surface area contributed by atoms with E-state index in [-0.39, 0.29) is 0 Å².